The third-order valence-electron chi connectivity index (χ3n) is 4.87. The Hall–Kier alpha value is -1.64. The molecule has 0 aromatic heterocycles. The van der Waals surface area contributed by atoms with E-state index in [0.29, 0.717) is 31.4 Å². The molecule has 0 saturated carbocycles. The van der Waals surface area contributed by atoms with Gasteiger partial charge in [-0.1, -0.05) is 11.6 Å². The van der Waals surface area contributed by atoms with Gasteiger partial charge in [0, 0.05) is 24.7 Å². The third-order valence-corrected chi connectivity index (χ3v) is 7.31. The van der Waals surface area contributed by atoms with Crippen molar-refractivity contribution in [3.05, 3.63) is 22.7 Å². The SMILES string of the molecule is C[C@@H]1CC[C@@H](C(N)=O)CN1S(=O)(=O)c1cc2c(cc1Cl)CCC(=O)N2. The van der Waals surface area contributed by atoms with Crippen LogP contribution in [-0.2, 0) is 26.0 Å². The summed E-state index contributed by atoms with van der Waals surface area (Å²) >= 11 is 6.24. The van der Waals surface area contributed by atoms with Crippen molar-refractivity contribution in [2.24, 2.45) is 11.7 Å². The van der Waals surface area contributed by atoms with E-state index in [1.165, 1.54) is 10.4 Å². The molecule has 0 radical (unpaired) electrons. The number of piperidine rings is 1. The number of fused-ring (bicyclic) bond motifs is 1. The second-order valence-electron chi connectivity index (χ2n) is 6.59. The number of rotatable bonds is 3. The summed E-state index contributed by atoms with van der Waals surface area (Å²) in [5.41, 5.74) is 6.64. The van der Waals surface area contributed by atoms with Crippen molar-refractivity contribution in [1.29, 1.82) is 0 Å². The van der Waals surface area contributed by atoms with Gasteiger partial charge in [0.2, 0.25) is 21.8 Å². The van der Waals surface area contributed by atoms with Gasteiger partial charge in [-0.2, -0.15) is 4.31 Å². The van der Waals surface area contributed by atoms with E-state index in [4.69, 9.17) is 17.3 Å². The second-order valence-corrected chi connectivity index (χ2v) is 8.85. The first-order valence-corrected chi connectivity index (χ1v) is 9.95. The van der Waals surface area contributed by atoms with Crippen molar-refractivity contribution in [3.8, 4) is 0 Å². The van der Waals surface area contributed by atoms with Gasteiger partial charge in [-0.15, -0.1) is 0 Å². The first-order chi connectivity index (χ1) is 11.7. The van der Waals surface area contributed by atoms with Crippen LogP contribution in [0.1, 0.15) is 31.7 Å². The Bertz CT molecular complexity index is 840. The first kappa shape index (κ1) is 18.2. The number of nitrogens with zero attached hydrogens (tertiary/aromatic N) is 1. The van der Waals surface area contributed by atoms with Crippen LogP contribution in [0.2, 0.25) is 5.02 Å². The molecule has 2 heterocycles. The summed E-state index contributed by atoms with van der Waals surface area (Å²) in [6.45, 7) is 1.83. The van der Waals surface area contributed by atoms with Crippen LogP contribution in [0.5, 0.6) is 0 Å². The van der Waals surface area contributed by atoms with Crippen LogP contribution in [0.3, 0.4) is 0 Å². The molecule has 9 heteroatoms. The van der Waals surface area contributed by atoms with Crippen molar-refractivity contribution >= 4 is 39.1 Å². The van der Waals surface area contributed by atoms with Gasteiger partial charge in [0.25, 0.3) is 0 Å². The average molecular weight is 386 g/mol. The van der Waals surface area contributed by atoms with Crippen LogP contribution < -0.4 is 11.1 Å². The van der Waals surface area contributed by atoms with Gasteiger partial charge in [0.05, 0.1) is 10.9 Å². The van der Waals surface area contributed by atoms with Gasteiger partial charge in [-0.3, -0.25) is 9.59 Å². The number of hydrogen-bond acceptors (Lipinski definition) is 4. The van der Waals surface area contributed by atoms with Gasteiger partial charge in [0.15, 0.2) is 0 Å². The number of anilines is 1. The number of benzene rings is 1. The fourth-order valence-corrected chi connectivity index (χ4v) is 5.60. The monoisotopic (exact) mass is 385 g/mol. The summed E-state index contributed by atoms with van der Waals surface area (Å²) < 4.78 is 27.5. The van der Waals surface area contributed by atoms with Crippen molar-refractivity contribution in [3.63, 3.8) is 0 Å². The first-order valence-electron chi connectivity index (χ1n) is 8.13. The van der Waals surface area contributed by atoms with Crippen LogP contribution >= 0.6 is 11.6 Å². The average Bonchev–Trinajstić information content (AvgIpc) is 2.54. The molecule has 3 rings (SSSR count). The summed E-state index contributed by atoms with van der Waals surface area (Å²) in [7, 11) is -3.92. The summed E-state index contributed by atoms with van der Waals surface area (Å²) in [6, 6.07) is 2.73. The van der Waals surface area contributed by atoms with E-state index in [-0.39, 0.29) is 28.4 Å². The number of sulfonamides is 1. The quantitative estimate of drug-likeness (QED) is 0.821. The molecule has 1 aromatic carbocycles. The predicted molar refractivity (Wildman–Crippen MR) is 93.7 cm³/mol. The Morgan fingerprint density at radius 1 is 1.32 bits per heavy atom. The largest absolute Gasteiger partial charge is 0.369 e. The van der Waals surface area contributed by atoms with Gasteiger partial charge in [0.1, 0.15) is 4.90 Å². The van der Waals surface area contributed by atoms with E-state index >= 15 is 0 Å². The van der Waals surface area contributed by atoms with E-state index in [9.17, 15) is 18.0 Å². The lowest BCUT2D eigenvalue weighted by Gasteiger charge is -2.36. The molecule has 1 aromatic rings. The highest BCUT2D eigenvalue weighted by atomic mass is 35.5. The zero-order chi connectivity index (χ0) is 18.4. The summed E-state index contributed by atoms with van der Waals surface area (Å²) in [5.74, 6) is -1.17. The topological polar surface area (TPSA) is 110 Å². The minimum Gasteiger partial charge on any atom is -0.369 e. The Kier molecular flexibility index (Phi) is 4.78. The molecule has 0 unspecified atom stereocenters. The van der Waals surface area contributed by atoms with Crippen LogP contribution in [0.15, 0.2) is 17.0 Å². The lowest BCUT2D eigenvalue weighted by molar-refractivity contribution is -0.123. The highest BCUT2D eigenvalue weighted by molar-refractivity contribution is 7.89. The smallest absolute Gasteiger partial charge is 0.244 e. The minimum absolute atomic E-state index is 0.0403. The molecule has 0 aliphatic carbocycles. The van der Waals surface area contributed by atoms with Gasteiger partial charge < -0.3 is 11.1 Å². The highest BCUT2D eigenvalue weighted by Crippen LogP contribution is 2.35. The van der Waals surface area contributed by atoms with Crippen molar-refractivity contribution in [1.82, 2.24) is 4.31 Å². The summed E-state index contributed by atoms with van der Waals surface area (Å²) in [5, 5.41) is 2.80. The standard InChI is InChI=1S/C16H20ClN3O4S/c1-9-2-3-11(16(18)22)8-20(9)25(23,24)14-7-13-10(6-12(14)17)4-5-15(21)19-13/h6-7,9,11H,2-5,8H2,1H3,(H2,18,22)(H,19,21)/t9-,11-/m1/s1. The van der Waals surface area contributed by atoms with E-state index in [2.05, 4.69) is 5.32 Å². The number of carbonyl (C=O) groups excluding carboxylic acids is 2. The zero-order valence-corrected chi connectivity index (χ0v) is 15.4. The summed E-state index contributed by atoms with van der Waals surface area (Å²) in [4.78, 5) is 23.0. The fraction of sp³-hybridized carbons (Fsp3) is 0.500. The number of nitrogens with one attached hydrogen (secondary N) is 1. The highest BCUT2D eigenvalue weighted by Gasteiger charge is 2.38. The molecule has 0 spiro atoms. The molecule has 3 N–H and O–H groups in total. The zero-order valence-electron chi connectivity index (χ0n) is 13.8. The molecule has 2 aliphatic heterocycles. The molecule has 2 aliphatic rings. The number of primary amides is 1. The Morgan fingerprint density at radius 2 is 2.04 bits per heavy atom. The number of nitrogens with two attached hydrogens (primary N) is 1. The molecule has 1 fully saturated rings. The Balaban J connectivity index is 2.00. The normalized spacial score (nSPS) is 24.5. The van der Waals surface area contributed by atoms with Crippen molar-refractivity contribution in [2.75, 3.05) is 11.9 Å². The van der Waals surface area contributed by atoms with Crippen LogP contribution in [-0.4, -0.2) is 37.1 Å². The molecule has 2 atom stereocenters. The van der Waals surface area contributed by atoms with Crippen LogP contribution in [0.25, 0.3) is 0 Å². The molecular formula is C16H20ClN3O4S. The molecule has 2 amide bonds. The Labute approximate surface area is 151 Å². The number of halogens is 1. The van der Waals surface area contributed by atoms with Gasteiger partial charge in [-0.25, -0.2) is 8.42 Å². The van der Waals surface area contributed by atoms with E-state index in [1.54, 1.807) is 13.0 Å². The third kappa shape index (κ3) is 3.38. The van der Waals surface area contributed by atoms with Gasteiger partial charge >= 0.3 is 0 Å². The Morgan fingerprint density at radius 3 is 2.72 bits per heavy atom. The molecule has 25 heavy (non-hydrogen) atoms. The van der Waals surface area contributed by atoms with Crippen molar-refractivity contribution in [2.45, 2.75) is 43.5 Å². The van der Waals surface area contributed by atoms with Crippen molar-refractivity contribution < 1.29 is 18.0 Å². The number of aryl methyl sites for hydroxylation is 1. The fourth-order valence-electron chi connectivity index (χ4n) is 3.34. The second kappa shape index (κ2) is 6.59. The minimum atomic E-state index is -3.92. The van der Waals surface area contributed by atoms with E-state index in [1.807, 2.05) is 0 Å². The molecule has 1 saturated heterocycles. The number of amides is 2. The molecule has 7 nitrogen and oxygen atoms in total. The summed E-state index contributed by atoms with van der Waals surface area (Å²) in [6.07, 6.45) is 1.98. The van der Waals surface area contributed by atoms with Crippen LogP contribution in [0, 0.1) is 5.92 Å². The number of carbonyl (C=O) groups is 2. The molecule has 136 valence electrons. The number of hydrogen-bond donors (Lipinski definition) is 2. The lowest BCUT2D eigenvalue weighted by atomic mass is 9.95. The van der Waals surface area contributed by atoms with Gasteiger partial charge in [-0.05, 0) is 43.9 Å². The van der Waals surface area contributed by atoms with Crippen LogP contribution in [0.4, 0.5) is 5.69 Å². The molecular weight excluding hydrogens is 366 g/mol. The lowest BCUT2D eigenvalue weighted by Crippen LogP contribution is -2.48. The maximum atomic E-state index is 13.1. The van der Waals surface area contributed by atoms with E-state index < -0.39 is 21.8 Å². The molecule has 0 bridgehead atoms. The van der Waals surface area contributed by atoms with E-state index in [0.717, 1.165) is 5.56 Å². The predicted octanol–water partition coefficient (Wildman–Crippen LogP) is 1.50. The maximum absolute atomic E-state index is 13.1. The maximum Gasteiger partial charge on any atom is 0.244 e.